The lowest BCUT2D eigenvalue weighted by atomic mass is 10.2. The van der Waals surface area contributed by atoms with Gasteiger partial charge >= 0.3 is 0 Å². The maximum atomic E-state index is 11.7. The molecule has 0 bridgehead atoms. The molecule has 0 radical (unpaired) electrons. The summed E-state index contributed by atoms with van der Waals surface area (Å²) in [4.78, 5) is 21.2. The van der Waals surface area contributed by atoms with Crippen LogP contribution >= 0.6 is 0 Å². The lowest BCUT2D eigenvalue weighted by molar-refractivity contribution is 0.0822. The second-order valence-electron chi connectivity index (χ2n) is 4.01. The molecule has 0 atom stereocenters. The summed E-state index contributed by atoms with van der Waals surface area (Å²) in [6.07, 6.45) is 2.26. The van der Waals surface area contributed by atoms with Crippen LogP contribution in [0.15, 0.2) is 6.07 Å². The topological polar surface area (TPSA) is 72.1 Å². The minimum Gasteiger partial charge on any atom is -0.368 e. The van der Waals surface area contributed by atoms with E-state index in [2.05, 4.69) is 9.97 Å². The van der Waals surface area contributed by atoms with Crippen LogP contribution in [0.4, 0.5) is 5.95 Å². The molecule has 1 heterocycles. The van der Waals surface area contributed by atoms with Gasteiger partial charge in [0.2, 0.25) is 5.95 Å². The van der Waals surface area contributed by atoms with Crippen LogP contribution in [0, 0.1) is 0 Å². The van der Waals surface area contributed by atoms with Crippen molar-refractivity contribution in [2.45, 2.75) is 18.8 Å². The highest BCUT2D eigenvalue weighted by atomic mass is 16.2. The number of rotatable bonds is 2. The van der Waals surface area contributed by atoms with Crippen molar-refractivity contribution >= 4 is 11.9 Å². The molecule has 5 heteroatoms. The molecule has 1 aliphatic rings. The van der Waals surface area contributed by atoms with Gasteiger partial charge in [0.25, 0.3) is 5.91 Å². The monoisotopic (exact) mass is 206 g/mol. The lowest BCUT2D eigenvalue weighted by Gasteiger charge is -2.10. The number of nitrogens with zero attached hydrogens (tertiary/aromatic N) is 3. The molecule has 1 saturated carbocycles. The van der Waals surface area contributed by atoms with Gasteiger partial charge in [-0.05, 0) is 18.9 Å². The number of aromatic nitrogens is 2. The lowest BCUT2D eigenvalue weighted by Crippen LogP contribution is -2.23. The predicted molar refractivity (Wildman–Crippen MR) is 56.4 cm³/mol. The van der Waals surface area contributed by atoms with Gasteiger partial charge in [-0.3, -0.25) is 4.79 Å². The first-order chi connectivity index (χ1) is 7.08. The standard InChI is InChI=1S/C10H14N4O/c1-14(2)9(15)8-5-7(6-3-4-6)12-10(11)13-8/h5-6H,3-4H2,1-2H3,(H2,11,12,13). The van der Waals surface area contributed by atoms with Crippen molar-refractivity contribution in [3.63, 3.8) is 0 Å². The van der Waals surface area contributed by atoms with Crippen LogP contribution in [0.1, 0.15) is 34.9 Å². The molecule has 80 valence electrons. The number of amides is 1. The second-order valence-corrected chi connectivity index (χ2v) is 4.01. The fourth-order valence-corrected chi connectivity index (χ4v) is 1.41. The molecule has 1 aliphatic carbocycles. The van der Waals surface area contributed by atoms with E-state index in [1.165, 1.54) is 4.90 Å². The molecular formula is C10H14N4O. The summed E-state index contributed by atoms with van der Waals surface area (Å²) in [5.41, 5.74) is 6.85. The normalized spacial score (nSPS) is 15.1. The molecule has 0 spiro atoms. The van der Waals surface area contributed by atoms with E-state index in [0.717, 1.165) is 18.5 Å². The van der Waals surface area contributed by atoms with Crippen molar-refractivity contribution in [2.24, 2.45) is 0 Å². The Morgan fingerprint density at radius 3 is 2.67 bits per heavy atom. The molecule has 2 rings (SSSR count). The van der Waals surface area contributed by atoms with Gasteiger partial charge in [-0.1, -0.05) is 0 Å². The van der Waals surface area contributed by atoms with E-state index < -0.39 is 0 Å². The Labute approximate surface area is 88.3 Å². The number of hydrogen-bond acceptors (Lipinski definition) is 4. The zero-order chi connectivity index (χ0) is 11.0. The zero-order valence-electron chi connectivity index (χ0n) is 8.90. The molecule has 1 aromatic rings. The summed E-state index contributed by atoms with van der Waals surface area (Å²) >= 11 is 0. The molecule has 0 saturated heterocycles. The molecule has 2 N–H and O–H groups in total. The number of nitrogen functional groups attached to an aromatic ring is 1. The molecule has 0 aromatic carbocycles. The van der Waals surface area contributed by atoms with Crippen LogP contribution in [-0.4, -0.2) is 34.9 Å². The number of hydrogen-bond donors (Lipinski definition) is 1. The van der Waals surface area contributed by atoms with E-state index in [1.807, 2.05) is 0 Å². The van der Waals surface area contributed by atoms with Crippen molar-refractivity contribution in [1.29, 1.82) is 0 Å². The third-order valence-corrected chi connectivity index (χ3v) is 2.38. The quantitative estimate of drug-likeness (QED) is 0.770. The molecule has 0 unspecified atom stereocenters. The fraction of sp³-hybridized carbons (Fsp3) is 0.500. The van der Waals surface area contributed by atoms with Crippen LogP contribution < -0.4 is 5.73 Å². The van der Waals surface area contributed by atoms with Crippen LogP contribution in [0.25, 0.3) is 0 Å². The highest BCUT2D eigenvalue weighted by Gasteiger charge is 2.26. The Balaban J connectivity index is 2.34. The number of carbonyl (C=O) groups excluding carboxylic acids is 1. The molecule has 1 aromatic heterocycles. The molecule has 1 fully saturated rings. The first-order valence-corrected chi connectivity index (χ1v) is 4.94. The van der Waals surface area contributed by atoms with E-state index in [1.54, 1.807) is 20.2 Å². The number of anilines is 1. The molecule has 5 nitrogen and oxygen atoms in total. The largest absolute Gasteiger partial charge is 0.368 e. The minimum absolute atomic E-state index is 0.133. The fourth-order valence-electron chi connectivity index (χ4n) is 1.41. The first-order valence-electron chi connectivity index (χ1n) is 4.94. The van der Waals surface area contributed by atoms with Crippen LogP contribution in [0.3, 0.4) is 0 Å². The van der Waals surface area contributed by atoms with Crippen molar-refractivity contribution in [3.05, 3.63) is 17.5 Å². The third kappa shape index (κ3) is 2.06. The van der Waals surface area contributed by atoms with Gasteiger partial charge in [0.05, 0.1) is 0 Å². The Kier molecular flexibility index (Phi) is 2.30. The smallest absolute Gasteiger partial charge is 0.272 e. The Hall–Kier alpha value is -1.65. The van der Waals surface area contributed by atoms with Gasteiger partial charge in [0.1, 0.15) is 5.69 Å². The van der Waals surface area contributed by atoms with Crippen molar-refractivity contribution in [1.82, 2.24) is 14.9 Å². The van der Waals surface area contributed by atoms with Crippen LogP contribution in [-0.2, 0) is 0 Å². The zero-order valence-corrected chi connectivity index (χ0v) is 8.90. The van der Waals surface area contributed by atoms with Gasteiger partial charge in [0, 0.05) is 25.7 Å². The van der Waals surface area contributed by atoms with Gasteiger partial charge in [0.15, 0.2) is 0 Å². The summed E-state index contributed by atoms with van der Waals surface area (Å²) in [6, 6.07) is 1.75. The maximum absolute atomic E-state index is 11.7. The minimum atomic E-state index is -0.133. The van der Waals surface area contributed by atoms with Crippen molar-refractivity contribution < 1.29 is 4.79 Å². The summed E-state index contributed by atoms with van der Waals surface area (Å²) in [7, 11) is 3.38. The van der Waals surface area contributed by atoms with E-state index in [-0.39, 0.29) is 11.9 Å². The van der Waals surface area contributed by atoms with E-state index in [9.17, 15) is 4.79 Å². The van der Waals surface area contributed by atoms with Crippen LogP contribution in [0.5, 0.6) is 0 Å². The van der Waals surface area contributed by atoms with Gasteiger partial charge < -0.3 is 10.6 Å². The van der Waals surface area contributed by atoms with E-state index >= 15 is 0 Å². The summed E-state index contributed by atoms with van der Waals surface area (Å²) in [6.45, 7) is 0. The SMILES string of the molecule is CN(C)C(=O)c1cc(C2CC2)nc(N)n1. The van der Waals surface area contributed by atoms with Gasteiger partial charge in [-0.2, -0.15) is 0 Å². The highest BCUT2D eigenvalue weighted by molar-refractivity contribution is 5.92. The van der Waals surface area contributed by atoms with E-state index in [0.29, 0.717) is 11.6 Å². The van der Waals surface area contributed by atoms with Crippen molar-refractivity contribution in [3.8, 4) is 0 Å². The summed E-state index contributed by atoms with van der Waals surface area (Å²) in [5.74, 6) is 0.527. The maximum Gasteiger partial charge on any atom is 0.272 e. The molecule has 1 amide bonds. The Morgan fingerprint density at radius 1 is 1.47 bits per heavy atom. The summed E-state index contributed by atoms with van der Waals surface area (Å²) in [5, 5.41) is 0. The predicted octanol–water partition coefficient (Wildman–Crippen LogP) is 0.638. The molecular weight excluding hydrogens is 192 g/mol. The van der Waals surface area contributed by atoms with Gasteiger partial charge in [-0.25, -0.2) is 9.97 Å². The van der Waals surface area contributed by atoms with E-state index in [4.69, 9.17) is 5.73 Å². The summed E-state index contributed by atoms with van der Waals surface area (Å²) < 4.78 is 0. The Bertz CT molecular complexity index is 398. The third-order valence-electron chi connectivity index (χ3n) is 2.38. The van der Waals surface area contributed by atoms with Gasteiger partial charge in [-0.15, -0.1) is 0 Å². The van der Waals surface area contributed by atoms with Crippen molar-refractivity contribution in [2.75, 3.05) is 19.8 Å². The second kappa shape index (κ2) is 3.49. The molecule has 15 heavy (non-hydrogen) atoms. The average molecular weight is 206 g/mol. The Morgan fingerprint density at radius 2 is 2.13 bits per heavy atom. The first kappa shape index (κ1) is 9.89. The van der Waals surface area contributed by atoms with Crippen LogP contribution in [0.2, 0.25) is 0 Å². The number of nitrogens with two attached hydrogens (primary N) is 1. The molecule has 0 aliphatic heterocycles. The average Bonchev–Trinajstić information content (AvgIpc) is 2.98. The highest BCUT2D eigenvalue weighted by Crippen LogP contribution is 2.39. The number of carbonyl (C=O) groups is 1.